The van der Waals surface area contributed by atoms with Gasteiger partial charge in [0.15, 0.2) is 0 Å². The molecule has 2 fully saturated rings. The Morgan fingerprint density at radius 1 is 1.15 bits per heavy atom. The molecule has 1 aliphatic carbocycles. The van der Waals surface area contributed by atoms with E-state index in [1.807, 2.05) is 13.0 Å². The van der Waals surface area contributed by atoms with E-state index in [0.29, 0.717) is 22.6 Å². The van der Waals surface area contributed by atoms with E-state index >= 15 is 0 Å². The maximum Gasteiger partial charge on any atom is 0.354 e. The van der Waals surface area contributed by atoms with Gasteiger partial charge >= 0.3 is 5.97 Å². The van der Waals surface area contributed by atoms with Gasteiger partial charge in [-0.2, -0.15) is 0 Å². The van der Waals surface area contributed by atoms with Crippen LogP contribution < -0.4 is 10.5 Å². The predicted octanol–water partition coefficient (Wildman–Crippen LogP) is 2.19. The second-order valence-electron chi connectivity index (χ2n) is 9.06. The van der Waals surface area contributed by atoms with Crippen LogP contribution in [0.15, 0.2) is 53.5 Å². The molecule has 6 rings (SSSR count). The molecule has 1 unspecified atom stereocenters. The molecular weight excluding hydrogens is 436 g/mol. The second-order valence-corrected chi connectivity index (χ2v) is 9.06. The highest BCUT2D eigenvalue weighted by atomic mass is 16.5. The normalized spacial score (nSPS) is 21.6. The van der Waals surface area contributed by atoms with Crippen molar-refractivity contribution in [2.24, 2.45) is 0 Å². The number of carbonyl (C=O) groups excluding carboxylic acids is 3. The molecule has 3 aliphatic rings. The van der Waals surface area contributed by atoms with Crippen molar-refractivity contribution in [3.05, 3.63) is 75.8 Å². The number of fused-ring (bicyclic) bond motifs is 4. The summed E-state index contributed by atoms with van der Waals surface area (Å²) >= 11 is 0. The molecule has 0 spiro atoms. The summed E-state index contributed by atoms with van der Waals surface area (Å²) in [5.41, 5.74) is 0.737. The Balaban J connectivity index is 1.38. The molecule has 9 heteroatoms. The zero-order chi connectivity index (χ0) is 23.6. The van der Waals surface area contributed by atoms with Crippen molar-refractivity contribution in [2.45, 2.75) is 50.9 Å². The maximum absolute atomic E-state index is 13.7. The largest absolute Gasteiger partial charge is 0.456 e. The molecule has 1 atom stereocenters. The topological polar surface area (TPSA) is 101 Å². The Morgan fingerprint density at radius 2 is 1.94 bits per heavy atom. The molecule has 0 radical (unpaired) electrons. The zero-order valence-corrected chi connectivity index (χ0v) is 18.6. The van der Waals surface area contributed by atoms with Crippen LogP contribution in [0.25, 0.3) is 5.65 Å². The smallest absolute Gasteiger partial charge is 0.354 e. The number of carbonyl (C=O) groups is 3. The number of ether oxygens (including phenoxy) is 1. The van der Waals surface area contributed by atoms with Gasteiger partial charge in [-0.15, -0.1) is 0 Å². The first-order chi connectivity index (χ1) is 16.4. The number of nitrogens with zero attached hydrogens (tertiary/aromatic N) is 4. The number of aromatic nitrogens is 2. The van der Waals surface area contributed by atoms with E-state index in [2.05, 4.69) is 4.98 Å². The Hall–Kier alpha value is -4.01. The molecule has 34 heavy (non-hydrogen) atoms. The van der Waals surface area contributed by atoms with Crippen molar-refractivity contribution in [1.29, 1.82) is 0 Å². The molecule has 2 amide bonds. The zero-order valence-electron chi connectivity index (χ0n) is 18.6. The molecule has 2 aliphatic heterocycles. The van der Waals surface area contributed by atoms with Crippen molar-refractivity contribution in [3.63, 3.8) is 0 Å². The molecule has 1 aromatic carbocycles. The minimum absolute atomic E-state index is 0.117. The van der Waals surface area contributed by atoms with Crippen molar-refractivity contribution >= 4 is 29.1 Å². The number of pyridine rings is 1. The van der Waals surface area contributed by atoms with Crippen molar-refractivity contribution in [2.75, 3.05) is 4.90 Å². The molecule has 1 saturated carbocycles. The monoisotopic (exact) mass is 458 g/mol. The number of rotatable bonds is 4. The first-order valence-corrected chi connectivity index (χ1v) is 11.3. The SMILES string of the molecule is Cc1ccn2c(=O)cc(COC(=O)C34CCC(=O)N3c3ccccc3C(=O)N4C3CC3)nc2c1. The van der Waals surface area contributed by atoms with Crippen molar-refractivity contribution in [1.82, 2.24) is 14.3 Å². The Bertz CT molecular complexity index is 1440. The second kappa shape index (κ2) is 7.24. The van der Waals surface area contributed by atoms with E-state index in [9.17, 15) is 19.2 Å². The maximum atomic E-state index is 13.7. The number of para-hydroxylation sites is 1. The fourth-order valence-corrected chi connectivity index (χ4v) is 5.10. The lowest BCUT2D eigenvalue weighted by atomic mass is 9.96. The molecule has 3 aromatic rings. The van der Waals surface area contributed by atoms with Crippen LogP contribution in [0.2, 0.25) is 0 Å². The van der Waals surface area contributed by atoms with Gasteiger partial charge in [0, 0.05) is 31.1 Å². The van der Waals surface area contributed by atoms with Gasteiger partial charge in [-0.3, -0.25) is 23.7 Å². The van der Waals surface area contributed by atoms with Gasteiger partial charge in [0.25, 0.3) is 11.5 Å². The van der Waals surface area contributed by atoms with Crippen LogP contribution in [0.3, 0.4) is 0 Å². The number of anilines is 1. The van der Waals surface area contributed by atoms with Crippen LogP contribution in [0.4, 0.5) is 5.69 Å². The van der Waals surface area contributed by atoms with E-state index in [4.69, 9.17) is 4.74 Å². The third kappa shape index (κ3) is 2.89. The first-order valence-electron chi connectivity index (χ1n) is 11.3. The molecule has 0 bridgehead atoms. The van der Waals surface area contributed by atoms with Gasteiger partial charge in [0.2, 0.25) is 11.6 Å². The highest BCUT2D eigenvalue weighted by Crippen LogP contribution is 2.49. The quantitative estimate of drug-likeness (QED) is 0.556. The minimum atomic E-state index is -1.52. The summed E-state index contributed by atoms with van der Waals surface area (Å²) in [5, 5.41) is 0. The van der Waals surface area contributed by atoms with Crippen LogP contribution >= 0.6 is 0 Å². The van der Waals surface area contributed by atoms with E-state index in [1.165, 1.54) is 15.4 Å². The Morgan fingerprint density at radius 3 is 2.74 bits per heavy atom. The summed E-state index contributed by atoms with van der Waals surface area (Å²) in [6.45, 7) is 1.66. The number of esters is 1. The minimum Gasteiger partial charge on any atom is -0.456 e. The van der Waals surface area contributed by atoms with Crippen molar-refractivity contribution < 1.29 is 19.1 Å². The Kier molecular flexibility index (Phi) is 4.39. The van der Waals surface area contributed by atoms with Gasteiger partial charge in [0.1, 0.15) is 12.3 Å². The van der Waals surface area contributed by atoms with Gasteiger partial charge in [0.05, 0.1) is 16.9 Å². The average molecular weight is 458 g/mol. The first kappa shape index (κ1) is 20.6. The lowest BCUT2D eigenvalue weighted by Gasteiger charge is -2.48. The summed E-state index contributed by atoms with van der Waals surface area (Å²) in [5.74, 6) is -1.17. The molecule has 9 nitrogen and oxygen atoms in total. The van der Waals surface area contributed by atoms with E-state index < -0.39 is 11.6 Å². The van der Waals surface area contributed by atoms with E-state index in [0.717, 1.165) is 18.4 Å². The summed E-state index contributed by atoms with van der Waals surface area (Å²) in [4.78, 5) is 60.1. The van der Waals surface area contributed by atoms with Gasteiger partial charge in [-0.05, 0) is 49.6 Å². The summed E-state index contributed by atoms with van der Waals surface area (Å²) < 4.78 is 7.11. The van der Waals surface area contributed by atoms with Gasteiger partial charge < -0.3 is 9.64 Å². The number of amides is 2. The predicted molar refractivity (Wildman–Crippen MR) is 121 cm³/mol. The lowest BCUT2D eigenvalue weighted by molar-refractivity contribution is -0.159. The van der Waals surface area contributed by atoms with Gasteiger partial charge in [-0.1, -0.05) is 12.1 Å². The summed E-state index contributed by atoms with van der Waals surface area (Å²) in [6.07, 6.45) is 3.49. The molecule has 1 saturated heterocycles. The number of hydrogen-bond donors (Lipinski definition) is 0. The molecule has 0 N–H and O–H groups in total. The highest BCUT2D eigenvalue weighted by molar-refractivity contribution is 6.15. The number of hydrogen-bond acceptors (Lipinski definition) is 6. The van der Waals surface area contributed by atoms with Crippen LogP contribution in [0, 0.1) is 6.92 Å². The average Bonchev–Trinajstić information content (AvgIpc) is 3.59. The van der Waals surface area contributed by atoms with Crippen LogP contribution in [-0.2, 0) is 20.9 Å². The third-order valence-electron chi connectivity index (χ3n) is 6.77. The fraction of sp³-hybridized carbons (Fsp3) is 0.320. The van der Waals surface area contributed by atoms with Crippen LogP contribution in [0.5, 0.6) is 0 Å². The van der Waals surface area contributed by atoms with Crippen molar-refractivity contribution in [3.8, 4) is 0 Å². The summed E-state index contributed by atoms with van der Waals surface area (Å²) in [7, 11) is 0. The standard InChI is InChI=1S/C25H22N4O5/c1-15-9-11-27-20(12-15)26-16(13-22(27)31)14-34-24(33)25-10-8-21(30)29(25)19-5-3-2-4-18(19)23(32)28(25)17-6-7-17/h2-5,9,11-13,17H,6-8,10,14H2,1H3. The molecule has 172 valence electrons. The van der Waals surface area contributed by atoms with E-state index in [1.54, 1.807) is 41.4 Å². The van der Waals surface area contributed by atoms with Crippen LogP contribution in [0.1, 0.15) is 47.3 Å². The number of benzene rings is 1. The Labute approximate surface area is 194 Å². The lowest BCUT2D eigenvalue weighted by Crippen LogP contribution is -2.69. The molecule has 4 heterocycles. The van der Waals surface area contributed by atoms with Gasteiger partial charge in [-0.25, -0.2) is 9.78 Å². The fourth-order valence-electron chi connectivity index (χ4n) is 5.10. The summed E-state index contributed by atoms with van der Waals surface area (Å²) in [6, 6.07) is 11.7. The highest BCUT2D eigenvalue weighted by Gasteiger charge is 2.64. The third-order valence-corrected chi connectivity index (χ3v) is 6.77. The van der Waals surface area contributed by atoms with E-state index in [-0.39, 0.29) is 42.9 Å². The van der Waals surface area contributed by atoms with Crippen LogP contribution in [-0.4, -0.2) is 43.8 Å². The molecule has 2 aromatic heterocycles. The molecular formula is C25H22N4O5. The number of aryl methyl sites for hydroxylation is 1.